The van der Waals surface area contributed by atoms with Gasteiger partial charge in [-0.25, -0.2) is 0 Å². The van der Waals surface area contributed by atoms with E-state index in [-0.39, 0.29) is 0 Å². The van der Waals surface area contributed by atoms with Crippen molar-refractivity contribution >= 4 is 0 Å². The largest absolute Gasteiger partial charge is 0.491 e. The molecule has 0 bridgehead atoms. The molecule has 0 fully saturated rings. The van der Waals surface area contributed by atoms with Gasteiger partial charge in [-0.15, -0.1) is 0 Å². The molecule has 84 valence electrons. The Balaban J connectivity index is 2.35. The highest BCUT2D eigenvalue weighted by molar-refractivity contribution is 5.27. The normalized spacial score (nSPS) is 10.3. The van der Waals surface area contributed by atoms with E-state index in [4.69, 9.17) is 9.47 Å². The average Bonchev–Trinajstić information content (AvgIpc) is 2.28. The van der Waals surface area contributed by atoms with Gasteiger partial charge in [0.05, 0.1) is 6.61 Å². The number of ether oxygens (including phenoxy) is 2. The third-order valence-corrected chi connectivity index (χ3v) is 2.06. The summed E-state index contributed by atoms with van der Waals surface area (Å²) in [5.41, 5.74) is 1.27. The van der Waals surface area contributed by atoms with E-state index in [0.29, 0.717) is 13.2 Å². The molecule has 3 nitrogen and oxygen atoms in total. The molecule has 0 aliphatic rings. The van der Waals surface area contributed by atoms with Crippen LogP contribution in [0.4, 0.5) is 0 Å². The molecule has 0 radical (unpaired) electrons. The maximum atomic E-state index is 5.46. The number of rotatable bonds is 7. The molecule has 0 amide bonds. The number of nitrogens with one attached hydrogen (secondary N) is 1. The minimum absolute atomic E-state index is 0.600. The fourth-order valence-corrected chi connectivity index (χ4v) is 1.22. The molecule has 0 saturated heterocycles. The monoisotopic (exact) mass is 209 g/mol. The van der Waals surface area contributed by atoms with Gasteiger partial charge in [0, 0.05) is 13.7 Å². The summed E-state index contributed by atoms with van der Waals surface area (Å²) in [6.45, 7) is 5.23. The van der Waals surface area contributed by atoms with Gasteiger partial charge in [0.15, 0.2) is 0 Å². The smallest absolute Gasteiger partial charge is 0.119 e. The zero-order valence-electron chi connectivity index (χ0n) is 9.45. The van der Waals surface area contributed by atoms with Crippen molar-refractivity contribution in [2.45, 2.75) is 13.5 Å². The Morgan fingerprint density at radius 3 is 2.47 bits per heavy atom. The molecule has 0 unspecified atom stereocenters. The Hall–Kier alpha value is -1.06. The van der Waals surface area contributed by atoms with Crippen LogP contribution in [0, 0.1) is 0 Å². The Morgan fingerprint density at radius 2 is 1.87 bits per heavy atom. The van der Waals surface area contributed by atoms with Crippen LogP contribution >= 0.6 is 0 Å². The second-order valence-corrected chi connectivity index (χ2v) is 3.27. The van der Waals surface area contributed by atoms with Crippen molar-refractivity contribution in [1.82, 2.24) is 5.32 Å². The van der Waals surface area contributed by atoms with Crippen LogP contribution in [0.1, 0.15) is 12.5 Å². The maximum absolute atomic E-state index is 5.46. The van der Waals surface area contributed by atoms with Crippen LogP contribution in [-0.2, 0) is 11.3 Å². The molecule has 0 saturated carbocycles. The highest BCUT2D eigenvalue weighted by Gasteiger charge is 1.94. The van der Waals surface area contributed by atoms with E-state index in [9.17, 15) is 0 Å². The molecule has 1 rings (SSSR count). The Kier molecular flexibility index (Phi) is 5.81. The lowest BCUT2D eigenvalue weighted by Gasteiger charge is -2.06. The van der Waals surface area contributed by atoms with E-state index in [1.165, 1.54) is 5.56 Å². The predicted molar refractivity (Wildman–Crippen MR) is 61.2 cm³/mol. The van der Waals surface area contributed by atoms with Gasteiger partial charge in [-0.3, -0.25) is 0 Å². The SMILES string of the molecule is CCNCc1ccc(OCCOC)cc1. The molecule has 15 heavy (non-hydrogen) atoms. The molecule has 3 heteroatoms. The number of hydrogen-bond acceptors (Lipinski definition) is 3. The fraction of sp³-hybridized carbons (Fsp3) is 0.500. The lowest BCUT2D eigenvalue weighted by molar-refractivity contribution is 0.146. The van der Waals surface area contributed by atoms with Crippen molar-refractivity contribution in [3.8, 4) is 5.75 Å². The Labute approximate surface area is 91.4 Å². The summed E-state index contributed by atoms with van der Waals surface area (Å²) in [5, 5.41) is 3.28. The highest BCUT2D eigenvalue weighted by atomic mass is 16.5. The minimum Gasteiger partial charge on any atom is -0.491 e. The van der Waals surface area contributed by atoms with Gasteiger partial charge in [-0.1, -0.05) is 19.1 Å². The molecule has 0 atom stereocenters. The maximum Gasteiger partial charge on any atom is 0.119 e. The standard InChI is InChI=1S/C12H19NO2/c1-3-13-10-11-4-6-12(7-5-11)15-9-8-14-2/h4-7,13H,3,8-10H2,1-2H3. The van der Waals surface area contributed by atoms with E-state index in [0.717, 1.165) is 18.8 Å². The second kappa shape index (κ2) is 7.26. The third-order valence-electron chi connectivity index (χ3n) is 2.06. The van der Waals surface area contributed by atoms with Crippen molar-refractivity contribution in [2.24, 2.45) is 0 Å². The summed E-state index contributed by atoms with van der Waals surface area (Å²) in [7, 11) is 1.67. The van der Waals surface area contributed by atoms with Gasteiger partial charge in [0.2, 0.25) is 0 Å². The summed E-state index contributed by atoms with van der Waals surface area (Å²) < 4.78 is 10.4. The van der Waals surface area contributed by atoms with Crippen LogP contribution < -0.4 is 10.1 Å². The van der Waals surface area contributed by atoms with Gasteiger partial charge >= 0.3 is 0 Å². The summed E-state index contributed by atoms with van der Waals surface area (Å²) in [4.78, 5) is 0. The fourth-order valence-electron chi connectivity index (χ4n) is 1.22. The molecule has 1 aromatic carbocycles. The predicted octanol–water partition coefficient (Wildman–Crippen LogP) is 1.82. The molecule has 0 aromatic heterocycles. The van der Waals surface area contributed by atoms with E-state index in [2.05, 4.69) is 24.4 Å². The Morgan fingerprint density at radius 1 is 1.13 bits per heavy atom. The first-order chi connectivity index (χ1) is 7.36. The van der Waals surface area contributed by atoms with E-state index in [1.54, 1.807) is 7.11 Å². The molecule has 0 spiro atoms. The second-order valence-electron chi connectivity index (χ2n) is 3.27. The highest BCUT2D eigenvalue weighted by Crippen LogP contribution is 2.11. The molecule has 0 heterocycles. The van der Waals surface area contributed by atoms with Crippen molar-refractivity contribution in [2.75, 3.05) is 26.9 Å². The minimum atomic E-state index is 0.600. The number of benzene rings is 1. The topological polar surface area (TPSA) is 30.5 Å². The van der Waals surface area contributed by atoms with Crippen molar-refractivity contribution in [3.05, 3.63) is 29.8 Å². The van der Waals surface area contributed by atoms with Crippen LogP contribution in [0.25, 0.3) is 0 Å². The van der Waals surface area contributed by atoms with Gasteiger partial charge < -0.3 is 14.8 Å². The van der Waals surface area contributed by atoms with Crippen molar-refractivity contribution in [1.29, 1.82) is 0 Å². The molecule has 1 N–H and O–H groups in total. The first-order valence-electron chi connectivity index (χ1n) is 5.28. The molecular weight excluding hydrogens is 190 g/mol. The average molecular weight is 209 g/mol. The van der Waals surface area contributed by atoms with Crippen LogP contribution in [0.2, 0.25) is 0 Å². The van der Waals surface area contributed by atoms with Gasteiger partial charge in [-0.2, -0.15) is 0 Å². The Bertz CT molecular complexity index is 259. The summed E-state index contributed by atoms with van der Waals surface area (Å²) in [5.74, 6) is 0.896. The zero-order valence-corrected chi connectivity index (χ0v) is 9.45. The van der Waals surface area contributed by atoms with Gasteiger partial charge in [0.1, 0.15) is 12.4 Å². The van der Waals surface area contributed by atoms with Crippen LogP contribution in [0.5, 0.6) is 5.75 Å². The van der Waals surface area contributed by atoms with E-state index < -0.39 is 0 Å². The molecule has 1 aromatic rings. The molecular formula is C12H19NO2. The zero-order chi connectivity index (χ0) is 10.9. The number of hydrogen-bond donors (Lipinski definition) is 1. The van der Waals surface area contributed by atoms with Crippen LogP contribution in [0.15, 0.2) is 24.3 Å². The van der Waals surface area contributed by atoms with Crippen LogP contribution in [0.3, 0.4) is 0 Å². The van der Waals surface area contributed by atoms with Crippen molar-refractivity contribution < 1.29 is 9.47 Å². The summed E-state index contributed by atoms with van der Waals surface area (Å²) in [6.07, 6.45) is 0. The van der Waals surface area contributed by atoms with E-state index in [1.807, 2.05) is 12.1 Å². The van der Waals surface area contributed by atoms with Crippen LogP contribution in [-0.4, -0.2) is 26.9 Å². The summed E-state index contributed by atoms with van der Waals surface area (Å²) >= 11 is 0. The molecule has 0 aliphatic heterocycles. The molecule has 0 aliphatic carbocycles. The van der Waals surface area contributed by atoms with Crippen molar-refractivity contribution in [3.63, 3.8) is 0 Å². The first kappa shape index (κ1) is 12.0. The number of methoxy groups -OCH3 is 1. The lowest BCUT2D eigenvalue weighted by Crippen LogP contribution is -2.11. The van der Waals surface area contributed by atoms with Gasteiger partial charge in [-0.05, 0) is 24.2 Å². The summed E-state index contributed by atoms with van der Waals surface area (Å²) in [6, 6.07) is 8.13. The van der Waals surface area contributed by atoms with E-state index >= 15 is 0 Å². The quantitative estimate of drug-likeness (QED) is 0.695. The lowest BCUT2D eigenvalue weighted by atomic mass is 10.2. The third kappa shape index (κ3) is 4.81. The van der Waals surface area contributed by atoms with Gasteiger partial charge in [0.25, 0.3) is 0 Å². The first-order valence-corrected chi connectivity index (χ1v) is 5.28.